The molecule has 0 saturated carbocycles. The summed E-state index contributed by atoms with van der Waals surface area (Å²) in [6, 6.07) is 8.51. The molecule has 0 aliphatic carbocycles. The van der Waals surface area contributed by atoms with E-state index < -0.39 is 5.97 Å². The normalized spacial score (nSPS) is 10.3. The fourth-order valence-corrected chi connectivity index (χ4v) is 2.75. The van der Waals surface area contributed by atoms with Crippen LogP contribution in [-0.4, -0.2) is 35.8 Å². The van der Waals surface area contributed by atoms with E-state index in [4.69, 9.17) is 9.15 Å². The summed E-state index contributed by atoms with van der Waals surface area (Å²) in [7, 11) is 1.29. The molecular formula is C16H13N3O5S. The van der Waals surface area contributed by atoms with Gasteiger partial charge in [-0.2, -0.15) is 0 Å². The van der Waals surface area contributed by atoms with E-state index in [-0.39, 0.29) is 12.5 Å². The molecule has 0 aliphatic rings. The van der Waals surface area contributed by atoms with Crippen molar-refractivity contribution in [3.63, 3.8) is 0 Å². The lowest BCUT2D eigenvalue weighted by molar-refractivity contribution is -0.118. The van der Waals surface area contributed by atoms with Crippen molar-refractivity contribution in [3.8, 4) is 17.2 Å². The Morgan fingerprint density at radius 2 is 2.04 bits per heavy atom. The molecule has 128 valence electrons. The van der Waals surface area contributed by atoms with Crippen molar-refractivity contribution >= 4 is 28.9 Å². The number of carbonyl (C=O) groups is 2. The lowest BCUT2D eigenvalue weighted by atomic mass is 10.2. The Hall–Kier alpha value is -3.20. The third-order valence-corrected chi connectivity index (χ3v) is 4.04. The lowest BCUT2D eigenvalue weighted by Crippen LogP contribution is -2.21. The van der Waals surface area contributed by atoms with Gasteiger partial charge in [0, 0.05) is 5.56 Å². The van der Waals surface area contributed by atoms with E-state index in [0.29, 0.717) is 22.2 Å². The Morgan fingerprint density at radius 1 is 1.24 bits per heavy atom. The molecule has 0 fully saturated rings. The molecular weight excluding hydrogens is 346 g/mol. The number of nitrogens with one attached hydrogen (secondary N) is 1. The highest BCUT2D eigenvalue weighted by Gasteiger charge is 2.15. The van der Waals surface area contributed by atoms with Crippen molar-refractivity contribution in [2.24, 2.45) is 0 Å². The van der Waals surface area contributed by atoms with Gasteiger partial charge in [0.1, 0.15) is 10.6 Å². The standard InChI is InChI=1S/C16H13N3O5S/c1-22-16(21)14-12(6-7-25-14)18-13(20)8-23-11-4-2-10(3-5-11)15-19-17-9-24-15/h2-7,9H,8H2,1H3,(H,18,20). The highest BCUT2D eigenvalue weighted by atomic mass is 32.1. The number of nitrogens with zero attached hydrogens (tertiary/aromatic N) is 2. The molecule has 2 aromatic heterocycles. The first-order chi connectivity index (χ1) is 12.2. The van der Waals surface area contributed by atoms with E-state index in [2.05, 4.69) is 20.3 Å². The first kappa shape index (κ1) is 16.7. The molecule has 0 bridgehead atoms. The average Bonchev–Trinajstić information content (AvgIpc) is 3.32. The topological polar surface area (TPSA) is 104 Å². The molecule has 0 saturated heterocycles. The Labute approximate surface area is 146 Å². The second-order valence-electron chi connectivity index (χ2n) is 4.76. The van der Waals surface area contributed by atoms with E-state index in [1.807, 2.05) is 0 Å². The molecule has 0 atom stereocenters. The maximum atomic E-state index is 12.0. The second-order valence-corrected chi connectivity index (χ2v) is 5.68. The van der Waals surface area contributed by atoms with Gasteiger partial charge < -0.3 is 19.2 Å². The zero-order valence-electron chi connectivity index (χ0n) is 13.1. The predicted molar refractivity (Wildman–Crippen MR) is 89.5 cm³/mol. The molecule has 0 aliphatic heterocycles. The Balaban J connectivity index is 1.56. The molecule has 3 rings (SSSR count). The summed E-state index contributed by atoms with van der Waals surface area (Å²) >= 11 is 1.19. The average molecular weight is 359 g/mol. The molecule has 1 aromatic carbocycles. The van der Waals surface area contributed by atoms with Crippen LogP contribution in [0.5, 0.6) is 5.75 Å². The number of hydrogen-bond acceptors (Lipinski definition) is 8. The highest BCUT2D eigenvalue weighted by Crippen LogP contribution is 2.23. The van der Waals surface area contributed by atoms with Gasteiger partial charge >= 0.3 is 5.97 Å². The van der Waals surface area contributed by atoms with E-state index in [1.165, 1.54) is 24.8 Å². The number of methoxy groups -OCH3 is 1. The molecule has 1 N–H and O–H groups in total. The van der Waals surface area contributed by atoms with Gasteiger partial charge in [-0.05, 0) is 35.7 Å². The molecule has 0 spiro atoms. The highest BCUT2D eigenvalue weighted by molar-refractivity contribution is 7.12. The monoisotopic (exact) mass is 359 g/mol. The zero-order chi connectivity index (χ0) is 17.6. The van der Waals surface area contributed by atoms with Crippen molar-refractivity contribution in [2.75, 3.05) is 19.0 Å². The van der Waals surface area contributed by atoms with Crippen molar-refractivity contribution in [1.82, 2.24) is 10.2 Å². The molecule has 8 nitrogen and oxygen atoms in total. The lowest BCUT2D eigenvalue weighted by Gasteiger charge is -2.08. The van der Waals surface area contributed by atoms with Gasteiger partial charge in [0.25, 0.3) is 5.91 Å². The molecule has 0 unspecified atom stereocenters. The summed E-state index contributed by atoms with van der Waals surface area (Å²) in [5, 5.41) is 11.7. The van der Waals surface area contributed by atoms with Crippen LogP contribution in [0.3, 0.4) is 0 Å². The number of carbonyl (C=O) groups excluding carboxylic acids is 2. The SMILES string of the molecule is COC(=O)c1sccc1NC(=O)COc1ccc(-c2nnco2)cc1. The van der Waals surface area contributed by atoms with Crippen molar-refractivity contribution in [1.29, 1.82) is 0 Å². The summed E-state index contributed by atoms with van der Waals surface area (Å²) in [4.78, 5) is 23.9. The second kappa shape index (κ2) is 7.58. The van der Waals surface area contributed by atoms with Gasteiger partial charge in [0.05, 0.1) is 12.8 Å². The molecule has 0 radical (unpaired) electrons. The van der Waals surface area contributed by atoms with E-state index >= 15 is 0 Å². The van der Waals surface area contributed by atoms with Crippen LogP contribution in [0.4, 0.5) is 5.69 Å². The van der Waals surface area contributed by atoms with Gasteiger partial charge in [-0.15, -0.1) is 21.5 Å². The summed E-state index contributed by atoms with van der Waals surface area (Å²) in [6.07, 6.45) is 1.25. The third-order valence-electron chi connectivity index (χ3n) is 3.14. The Morgan fingerprint density at radius 3 is 2.72 bits per heavy atom. The number of ether oxygens (including phenoxy) is 2. The third kappa shape index (κ3) is 4.01. The van der Waals surface area contributed by atoms with E-state index in [1.54, 1.807) is 35.7 Å². The van der Waals surface area contributed by atoms with Crippen molar-refractivity contribution < 1.29 is 23.5 Å². The minimum atomic E-state index is -0.497. The minimum absolute atomic E-state index is 0.198. The maximum Gasteiger partial charge on any atom is 0.350 e. The van der Waals surface area contributed by atoms with Crippen LogP contribution in [0.15, 0.2) is 46.5 Å². The number of anilines is 1. The van der Waals surface area contributed by atoms with Crippen LogP contribution in [0, 0.1) is 0 Å². The summed E-state index contributed by atoms with van der Waals surface area (Å²) in [6.45, 7) is -0.198. The van der Waals surface area contributed by atoms with Gasteiger partial charge in [0.2, 0.25) is 12.3 Å². The van der Waals surface area contributed by atoms with Crippen molar-refractivity contribution in [3.05, 3.63) is 47.0 Å². The van der Waals surface area contributed by atoms with E-state index in [0.717, 1.165) is 5.56 Å². The number of thiophene rings is 1. The predicted octanol–water partition coefficient (Wildman–Crippen LogP) is 2.60. The number of amides is 1. The molecule has 25 heavy (non-hydrogen) atoms. The van der Waals surface area contributed by atoms with Crippen LogP contribution in [0.2, 0.25) is 0 Å². The van der Waals surface area contributed by atoms with Gasteiger partial charge in [0.15, 0.2) is 6.61 Å². The Bertz CT molecular complexity index is 858. The minimum Gasteiger partial charge on any atom is -0.484 e. The molecule has 1 amide bonds. The molecule has 2 heterocycles. The number of benzene rings is 1. The summed E-state index contributed by atoms with van der Waals surface area (Å²) < 4.78 is 15.2. The number of hydrogen-bond donors (Lipinski definition) is 1. The first-order valence-electron chi connectivity index (χ1n) is 7.12. The number of esters is 1. The van der Waals surface area contributed by atoms with E-state index in [9.17, 15) is 9.59 Å². The summed E-state index contributed by atoms with van der Waals surface area (Å²) in [5.74, 6) is 0.0291. The molecule has 3 aromatic rings. The van der Waals surface area contributed by atoms with Gasteiger partial charge in [-0.3, -0.25) is 4.79 Å². The van der Waals surface area contributed by atoms with Crippen LogP contribution in [0.1, 0.15) is 9.67 Å². The number of rotatable bonds is 6. The quantitative estimate of drug-likeness (QED) is 0.675. The van der Waals surface area contributed by atoms with Crippen LogP contribution in [-0.2, 0) is 9.53 Å². The fraction of sp³-hybridized carbons (Fsp3) is 0.125. The van der Waals surface area contributed by atoms with Crippen LogP contribution < -0.4 is 10.1 Å². The zero-order valence-corrected chi connectivity index (χ0v) is 13.9. The van der Waals surface area contributed by atoms with Crippen molar-refractivity contribution in [2.45, 2.75) is 0 Å². The smallest absolute Gasteiger partial charge is 0.350 e. The van der Waals surface area contributed by atoms with Gasteiger partial charge in [-0.1, -0.05) is 0 Å². The first-order valence-corrected chi connectivity index (χ1v) is 8.00. The summed E-state index contributed by atoms with van der Waals surface area (Å²) in [5.41, 5.74) is 1.15. The van der Waals surface area contributed by atoms with Crippen LogP contribution in [0.25, 0.3) is 11.5 Å². The maximum absolute atomic E-state index is 12.0. The fourth-order valence-electron chi connectivity index (χ4n) is 1.99. The molecule has 9 heteroatoms. The largest absolute Gasteiger partial charge is 0.484 e. The number of aromatic nitrogens is 2. The Kier molecular flexibility index (Phi) is 5.05. The van der Waals surface area contributed by atoms with Crippen LogP contribution >= 0.6 is 11.3 Å². The van der Waals surface area contributed by atoms with Gasteiger partial charge in [-0.25, -0.2) is 4.79 Å².